The van der Waals surface area contributed by atoms with Crippen molar-refractivity contribution in [2.75, 3.05) is 27.2 Å². The molecule has 110 valence electrons. The summed E-state index contributed by atoms with van der Waals surface area (Å²) in [6, 6.07) is 0. The quantitative estimate of drug-likeness (QED) is 0.728. The van der Waals surface area contributed by atoms with Crippen molar-refractivity contribution in [1.29, 1.82) is 0 Å². The predicted octanol–water partition coefficient (Wildman–Crippen LogP) is 0.323. The number of amides is 1. The zero-order valence-electron chi connectivity index (χ0n) is 12.1. The number of hydrogen-bond acceptors (Lipinski definition) is 4. The van der Waals surface area contributed by atoms with E-state index in [0.717, 1.165) is 6.54 Å². The molecule has 1 aliphatic heterocycles. The zero-order valence-corrected chi connectivity index (χ0v) is 12.1. The number of carboxylic acids is 1. The SMILES string of the molecule is CN(C)CC(C)(C)CNC(=O)C1CCC(C(=O)O)O1. The van der Waals surface area contributed by atoms with Gasteiger partial charge in [0.1, 0.15) is 6.10 Å². The van der Waals surface area contributed by atoms with Crippen LogP contribution in [-0.2, 0) is 14.3 Å². The van der Waals surface area contributed by atoms with E-state index in [9.17, 15) is 9.59 Å². The van der Waals surface area contributed by atoms with E-state index < -0.39 is 18.2 Å². The second kappa shape index (κ2) is 6.34. The van der Waals surface area contributed by atoms with Crippen molar-refractivity contribution in [2.24, 2.45) is 5.41 Å². The Labute approximate surface area is 114 Å². The third-order valence-electron chi connectivity index (χ3n) is 3.07. The third-order valence-corrected chi connectivity index (χ3v) is 3.07. The minimum atomic E-state index is -0.997. The van der Waals surface area contributed by atoms with Crippen LogP contribution in [0.2, 0.25) is 0 Å². The van der Waals surface area contributed by atoms with Crippen molar-refractivity contribution in [3.05, 3.63) is 0 Å². The molecule has 1 amide bonds. The molecule has 19 heavy (non-hydrogen) atoms. The molecule has 0 spiro atoms. The van der Waals surface area contributed by atoms with Gasteiger partial charge in [0.25, 0.3) is 0 Å². The van der Waals surface area contributed by atoms with Gasteiger partial charge in [-0.25, -0.2) is 4.79 Å². The Morgan fingerprint density at radius 3 is 2.37 bits per heavy atom. The maximum absolute atomic E-state index is 11.9. The fraction of sp³-hybridized carbons (Fsp3) is 0.846. The maximum Gasteiger partial charge on any atom is 0.332 e. The molecule has 1 saturated heterocycles. The summed E-state index contributed by atoms with van der Waals surface area (Å²) in [6.07, 6.45) is -0.604. The average molecular weight is 272 g/mol. The highest BCUT2D eigenvalue weighted by Gasteiger charge is 2.35. The van der Waals surface area contributed by atoms with Crippen molar-refractivity contribution in [3.63, 3.8) is 0 Å². The molecule has 0 saturated carbocycles. The van der Waals surface area contributed by atoms with Crippen LogP contribution >= 0.6 is 0 Å². The van der Waals surface area contributed by atoms with E-state index in [4.69, 9.17) is 9.84 Å². The molecule has 1 heterocycles. The van der Waals surface area contributed by atoms with Gasteiger partial charge in [-0.15, -0.1) is 0 Å². The summed E-state index contributed by atoms with van der Waals surface area (Å²) >= 11 is 0. The van der Waals surface area contributed by atoms with Crippen molar-refractivity contribution < 1.29 is 19.4 Å². The van der Waals surface area contributed by atoms with Crippen LogP contribution in [0, 0.1) is 5.41 Å². The van der Waals surface area contributed by atoms with E-state index in [1.807, 2.05) is 14.1 Å². The number of rotatable bonds is 6. The summed E-state index contributed by atoms with van der Waals surface area (Å²) < 4.78 is 5.21. The molecule has 0 aromatic rings. The molecule has 0 bridgehead atoms. The van der Waals surface area contributed by atoms with Gasteiger partial charge in [-0.1, -0.05) is 13.8 Å². The Balaban J connectivity index is 2.38. The first-order valence-corrected chi connectivity index (χ1v) is 6.52. The average Bonchev–Trinajstić information content (AvgIpc) is 2.73. The van der Waals surface area contributed by atoms with E-state index in [2.05, 4.69) is 24.1 Å². The van der Waals surface area contributed by atoms with Crippen molar-refractivity contribution in [3.8, 4) is 0 Å². The van der Waals surface area contributed by atoms with E-state index in [1.165, 1.54) is 0 Å². The summed E-state index contributed by atoms with van der Waals surface area (Å²) in [5.74, 6) is -1.21. The van der Waals surface area contributed by atoms with E-state index in [0.29, 0.717) is 19.4 Å². The second-order valence-electron chi connectivity index (χ2n) is 6.15. The number of hydrogen-bond donors (Lipinski definition) is 2. The minimum absolute atomic E-state index is 0.0377. The monoisotopic (exact) mass is 272 g/mol. The number of aliphatic carboxylic acids is 1. The van der Waals surface area contributed by atoms with Crippen LogP contribution in [0.4, 0.5) is 0 Å². The van der Waals surface area contributed by atoms with Gasteiger partial charge in [0.2, 0.25) is 5.91 Å². The molecule has 2 N–H and O–H groups in total. The number of nitrogens with zero attached hydrogens (tertiary/aromatic N) is 1. The molecule has 6 nitrogen and oxygen atoms in total. The lowest BCUT2D eigenvalue weighted by atomic mass is 9.93. The molecule has 1 fully saturated rings. The summed E-state index contributed by atoms with van der Waals surface area (Å²) in [5.41, 5.74) is -0.0377. The third kappa shape index (κ3) is 5.16. The van der Waals surface area contributed by atoms with Gasteiger partial charge in [0.05, 0.1) is 0 Å². The zero-order chi connectivity index (χ0) is 14.6. The van der Waals surface area contributed by atoms with Crippen molar-refractivity contribution in [2.45, 2.75) is 38.9 Å². The first kappa shape index (κ1) is 15.9. The van der Waals surface area contributed by atoms with Gasteiger partial charge in [-0.2, -0.15) is 0 Å². The van der Waals surface area contributed by atoms with Crippen LogP contribution in [-0.4, -0.2) is 61.3 Å². The molecule has 0 aromatic heterocycles. The van der Waals surface area contributed by atoms with Gasteiger partial charge in [-0.05, 0) is 32.4 Å². The van der Waals surface area contributed by atoms with Crippen LogP contribution in [0.25, 0.3) is 0 Å². The number of ether oxygens (including phenoxy) is 1. The lowest BCUT2D eigenvalue weighted by Crippen LogP contribution is -2.43. The lowest BCUT2D eigenvalue weighted by molar-refractivity contribution is -0.151. The topological polar surface area (TPSA) is 78.9 Å². The Morgan fingerprint density at radius 1 is 1.32 bits per heavy atom. The van der Waals surface area contributed by atoms with Gasteiger partial charge in [-0.3, -0.25) is 4.79 Å². The molecule has 0 radical (unpaired) electrons. The predicted molar refractivity (Wildman–Crippen MR) is 70.9 cm³/mol. The van der Waals surface area contributed by atoms with Crippen LogP contribution in [0.1, 0.15) is 26.7 Å². The first-order valence-electron chi connectivity index (χ1n) is 6.52. The van der Waals surface area contributed by atoms with E-state index in [-0.39, 0.29) is 11.3 Å². The number of carboxylic acid groups (broad SMARTS) is 1. The molecule has 2 unspecified atom stereocenters. The van der Waals surface area contributed by atoms with Crippen molar-refractivity contribution in [1.82, 2.24) is 10.2 Å². The molecule has 1 rings (SSSR count). The van der Waals surface area contributed by atoms with Crippen molar-refractivity contribution >= 4 is 11.9 Å². The summed E-state index contributed by atoms with van der Waals surface area (Å²) in [6.45, 7) is 5.55. The number of nitrogens with one attached hydrogen (secondary N) is 1. The maximum atomic E-state index is 11.9. The van der Waals surface area contributed by atoms with Gasteiger partial charge < -0.3 is 20.1 Å². The van der Waals surface area contributed by atoms with Gasteiger partial charge >= 0.3 is 5.97 Å². The van der Waals surface area contributed by atoms with Gasteiger partial charge in [0.15, 0.2) is 6.10 Å². The Bertz CT molecular complexity index is 342. The van der Waals surface area contributed by atoms with Crippen LogP contribution in [0.15, 0.2) is 0 Å². The fourth-order valence-electron chi connectivity index (χ4n) is 2.36. The highest BCUT2D eigenvalue weighted by molar-refractivity contribution is 5.82. The summed E-state index contributed by atoms with van der Waals surface area (Å²) in [5, 5.41) is 11.7. The fourth-order valence-corrected chi connectivity index (χ4v) is 2.36. The molecular formula is C13H24N2O4. The number of carbonyl (C=O) groups excluding carboxylic acids is 1. The summed E-state index contributed by atoms with van der Waals surface area (Å²) in [4.78, 5) is 24.7. The molecule has 2 atom stereocenters. The van der Waals surface area contributed by atoms with Crippen LogP contribution < -0.4 is 5.32 Å². The molecule has 0 aliphatic carbocycles. The molecule has 1 aliphatic rings. The molecule has 6 heteroatoms. The second-order valence-corrected chi connectivity index (χ2v) is 6.15. The van der Waals surface area contributed by atoms with E-state index >= 15 is 0 Å². The molecule has 0 aromatic carbocycles. The Morgan fingerprint density at radius 2 is 1.89 bits per heavy atom. The van der Waals surface area contributed by atoms with E-state index in [1.54, 1.807) is 0 Å². The first-order chi connectivity index (χ1) is 8.71. The lowest BCUT2D eigenvalue weighted by Gasteiger charge is -2.28. The highest BCUT2D eigenvalue weighted by atomic mass is 16.5. The minimum Gasteiger partial charge on any atom is -0.479 e. The smallest absolute Gasteiger partial charge is 0.332 e. The highest BCUT2D eigenvalue weighted by Crippen LogP contribution is 2.20. The number of carbonyl (C=O) groups is 2. The summed E-state index contributed by atoms with van der Waals surface area (Å²) in [7, 11) is 3.97. The normalized spacial score (nSPS) is 23.6. The Hall–Kier alpha value is -1.14. The Kier molecular flexibility index (Phi) is 5.31. The standard InChI is InChI=1S/C13H24N2O4/c1-13(2,8-15(3)4)7-14-11(16)9-5-6-10(19-9)12(17)18/h9-10H,5-8H2,1-4H3,(H,14,16)(H,17,18). The van der Waals surface area contributed by atoms with Crippen LogP contribution in [0.5, 0.6) is 0 Å². The molecular weight excluding hydrogens is 248 g/mol. The van der Waals surface area contributed by atoms with Crippen LogP contribution in [0.3, 0.4) is 0 Å². The largest absolute Gasteiger partial charge is 0.479 e. The van der Waals surface area contributed by atoms with Gasteiger partial charge in [0, 0.05) is 13.1 Å².